The van der Waals surface area contributed by atoms with Crippen molar-refractivity contribution in [2.45, 2.75) is 6.42 Å². The Labute approximate surface area is 87.0 Å². The molecule has 6 heteroatoms. The van der Waals surface area contributed by atoms with Crippen LogP contribution in [0.5, 0.6) is 0 Å². The molecule has 1 aliphatic rings. The van der Waals surface area contributed by atoms with Crippen LogP contribution in [0.25, 0.3) is 0 Å². The Kier molecular flexibility index (Phi) is 16.9. The Bertz CT molecular complexity index is 76.2. The van der Waals surface area contributed by atoms with E-state index in [9.17, 15) is 4.79 Å². The van der Waals surface area contributed by atoms with Gasteiger partial charge in [-0.05, 0) is 11.9 Å². The van der Waals surface area contributed by atoms with Gasteiger partial charge in [0.1, 0.15) is 0 Å². The van der Waals surface area contributed by atoms with Crippen LogP contribution in [0.15, 0.2) is 0 Å². The summed E-state index contributed by atoms with van der Waals surface area (Å²) < 4.78 is 2.60. The minimum Gasteiger partial charge on any atom is -1.00 e. The first kappa shape index (κ1) is 16.6. The third-order valence-electron chi connectivity index (χ3n) is 0.617. The summed E-state index contributed by atoms with van der Waals surface area (Å²) in [7, 11) is 0. The fourth-order valence-electron chi connectivity index (χ4n) is 0.326. The summed E-state index contributed by atoms with van der Waals surface area (Å²) in [4.78, 5) is 10.1. The van der Waals surface area contributed by atoms with Gasteiger partial charge in [0.2, 0.25) is 5.91 Å². The standard InChI is InChI=1S/C3H5NOS.2ClH.Mg/c5-3-1-2-6-4-3;;;/h1-2H2,(H,4,5);2*1H;/q;;;+2/p-2. The SMILES string of the molecule is O=C1CCSN1.[Cl-].[Cl-].[Mg+2]. The average Bonchev–Trinajstić information content (AvgIpc) is 1.86. The molecule has 1 saturated heterocycles. The zero-order chi connectivity index (χ0) is 4.41. The van der Waals surface area contributed by atoms with Crippen LogP contribution in [0.1, 0.15) is 6.42 Å². The molecule has 9 heavy (non-hydrogen) atoms. The second-order valence-corrected chi connectivity index (χ2v) is 2.02. The van der Waals surface area contributed by atoms with Crippen LogP contribution in [-0.4, -0.2) is 34.7 Å². The predicted molar refractivity (Wildman–Crippen MR) is 31.0 cm³/mol. The van der Waals surface area contributed by atoms with E-state index in [4.69, 9.17) is 0 Å². The Morgan fingerprint density at radius 1 is 1.44 bits per heavy atom. The van der Waals surface area contributed by atoms with Crippen molar-refractivity contribution in [3.05, 3.63) is 0 Å². The van der Waals surface area contributed by atoms with Crippen molar-refractivity contribution in [1.82, 2.24) is 4.72 Å². The third kappa shape index (κ3) is 7.06. The quantitative estimate of drug-likeness (QED) is 0.310. The number of nitrogens with one attached hydrogen (secondary N) is 1. The number of amides is 1. The Balaban J connectivity index is -0.000000120. The molecule has 0 bridgehead atoms. The minimum absolute atomic E-state index is 0. The topological polar surface area (TPSA) is 29.1 Å². The molecule has 1 rings (SSSR count). The van der Waals surface area contributed by atoms with E-state index in [2.05, 4.69) is 4.72 Å². The van der Waals surface area contributed by atoms with Crippen molar-refractivity contribution < 1.29 is 29.6 Å². The maximum Gasteiger partial charge on any atom is 2.00 e. The number of hydrogen-bond donors (Lipinski definition) is 1. The zero-order valence-electron chi connectivity index (χ0n) is 4.69. The van der Waals surface area contributed by atoms with Crippen molar-refractivity contribution >= 4 is 40.9 Å². The molecular formula is C3H5Cl2MgNOS. The monoisotopic (exact) mass is 197 g/mol. The first-order valence-electron chi connectivity index (χ1n) is 1.80. The molecule has 1 aliphatic heterocycles. The summed E-state index contributed by atoms with van der Waals surface area (Å²) in [5, 5.41) is 0. The van der Waals surface area contributed by atoms with Crippen molar-refractivity contribution in [2.24, 2.45) is 0 Å². The van der Waals surface area contributed by atoms with E-state index in [0.717, 1.165) is 5.75 Å². The van der Waals surface area contributed by atoms with Crippen LogP contribution in [0.2, 0.25) is 0 Å². The van der Waals surface area contributed by atoms with Gasteiger partial charge in [-0.25, -0.2) is 0 Å². The third-order valence-corrected chi connectivity index (χ3v) is 1.40. The summed E-state index contributed by atoms with van der Waals surface area (Å²) in [6.45, 7) is 0. The van der Waals surface area contributed by atoms with Crippen LogP contribution >= 0.6 is 11.9 Å². The number of rotatable bonds is 0. The Morgan fingerprint density at radius 3 is 2.11 bits per heavy atom. The van der Waals surface area contributed by atoms with Crippen molar-refractivity contribution in [3.63, 3.8) is 0 Å². The maximum atomic E-state index is 10.1. The van der Waals surface area contributed by atoms with Gasteiger partial charge in [0, 0.05) is 12.2 Å². The number of carbonyl (C=O) groups excluding carboxylic acids is 1. The van der Waals surface area contributed by atoms with Crippen molar-refractivity contribution in [2.75, 3.05) is 5.75 Å². The molecule has 0 aromatic heterocycles. The molecule has 50 valence electrons. The summed E-state index contributed by atoms with van der Waals surface area (Å²) in [6.07, 6.45) is 0.699. The van der Waals surface area contributed by atoms with Gasteiger partial charge in [0.15, 0.2) is 0 Å². The Hall–Kier alpha value is 1.17. The molecule has 2 nitrogen and oxygen atoms in total. The number of halogens is 2. The molecule has 0 saturated carbocycles. The number of carbonyl (C=O) groups is 1. The van der Waals surface area contributed by atoms with E-state index in [1.54, 1.807) is 0 Å². The van der Waals surface area contributed by atoms with E-state index in [-0.39, 0.29) is 53.8 Å². The first-order chi connectivity index (χ1) is 2.89. The fourth-order valence-corrected chi connectivity index (χ4v) is 0.979. The molecule has 0 aromatic carbocycles. The Morgan fingerprint density at radius 2 is 2.00 bits per heavy atom. The summed E-state index contributed by atoms with van der Waals surface area (Å²) in [5.41, 5.74) is 0. The van der Waals surface area contributed by atoms with E-state index >= 15 is 0 Å². The summed E-state index contributed by atoms with van der Waals surface area (Å²) in [5.74, 6) is 1.11. The van der Waals surface area contributed by atoms with Crippen LogP contribution in [0.3, 0.4) is 0 Å². The van der Waals surface area contributed by atoms with Gasteiger partial charge >= 0.3 is 23.1 Å². The van der Waals surface area contributed by atoms with Crippen molar-refractivity contribution in [1.29, 1.82) is 0 Å². The van der Waals surface area contributed by atoms with Gasteiger partial charge < -0.3 is 29.5 Å². The summed E-state index contributed by atoms with van der Waals surface area (Å²) in [6, 6.07) is 0. The van der Waals surface area contributed by atoms with Gasteiger partial charge in [-0.15, -0.1) is 0 Å². The molecule has 1 N–H and O–H groups in total. The van der Waals surface area contributed by atoms with Crippen molar-refractivity contribution in [3.8, 4) is 0 Å². The molecule has 1 heterocycles. The fraction of sp³-hybridized carbons (Fsp3) is 0.667. The molecule has 0 aliphatic carbocycles. The molecular weight excluding hydrogens is 193 g/mol. The van der Waals surface area contributed by atoms with E-state index in [1.165, 1.54) is 11.9 Å². The normalized spacial score (nSPS) is 14.0. The van der Waals surface area contributed by atoms with Gasteiger partial charge in [-0.2, -0.15) is 0 Å². The molecule has 0 spiro atoms. The molecule has 0 unspecified atom stereocenters. The second-order valence-electron chi connectivity index (χ2n) is 1.12. The van der Waals surface area contributed by atoms with Gasteiger partial charge in [0.05, 0.1) is 0 Å². The molecule has 0 radical (unpaired) electrons. The molecule has 1 amide bonds. The predicted octanol–water partition coefficient (Wildman–Crippen LogP) is -6.22. The molecule has 0 atom stereocenters. The average molecular weight is 198 g/mol. The van der Waals surface area contributed by atoms with E-state index in [1.807, 2.05) is 0 Å². The summed E-state index contributed by atoms with van der Waals surface area (Å²) >= 11 is 1.48. The van der Waals surface area contributed by atoms with Crippen LogP contribution in [-0.2, 0) is 4.79 Å². The smallest absolute Gasteiger partial charge is 1.00 e. The van der Waals surface area contributed by atoms with Gasteiger partial charge in [-0.1, -0.05) is 0 Å². The van der Waals surface area contributed by atoms with Crippen LogP contribution < -0.4 is 29.5 Å². The van der Waals surface area contributed by atoms with Crippen LogP contribution in [0.4, 0.5) is 0 Å². The largest absolute Gasteiger partial charge is 2.00 e. The molecule has 1 fully saturated rings. The first-order valence-corrected chi connectivity index (χ1v) is 2.79. The van der Waals surface area contributed by atoms with Crippen LogP contribution in [0, 0.1) is 0 Å². The maximum absolute atomic E-state index is 10.1. The van der Waals surface area contributed by atoms with Gasteiger partial charge in [0.25, 0.3) is 0 Å². The number of hydrogen-bond acceptors (Lipinski definition) is 2. The van der Waals surface area contributed by atoms with E-state index in [0.29, 0.717) is 6.42 Å². The van der Waals surface area contributed by atoms with E-state index < -0.39 is 0 Å². The molecule has 0 aromatic rings. The zero-order valence-corrected chi connectivity index (χ0v) is 8.44. The second kappa shape index (κ2) is 9.17. The van der Waals surface area contributed by atoms with Gasteiger partial charge in [-0.3, -0.25) is 4.79 Å². The minimum atomic E-state index is 0.